The first-order valence-electron chi connectivity index (χ1n) is 8.70. The number of benzene rings is 1. The first kappa shape index (κ1) is 19.2. The Bertz CT molecular complexity index is 776. The van der Waals surface area contributed by atoms with Crippen LogP contribution in [0.15, 0.2) is 24.3 Å². The summed E-state index contributed by atoms with van der Waals surface area (Å²) < 4.78 is 4.87. The summed E-state index contributed by atoms with van der Waals surface area (Å²) in [5.74, 6) is -1.70. The van der Waals surface area contributed by atoms with Gasteiger partial charge < -0.3 is 15.4 Å². The molecular formula is C18H20ClN3O5. The van der Waals surface area contributed by atoms with Gasteiger partial charge >= 0.3 is 12.0 Å². The van der Waals surface area contributed by atoms with Gasteiger partial charge in [-0.2, -0.15) is 0 Å². The van der Waals surface area contributed by atoms with Crippen molar-refractivity contribution >= 4 is 35.4 Å². The van der Waals surface area contributed by atoms with Crippen LogP contribution in [0.3, 0.4) is 0 Å². The fraction of sp³-hybridized carbons (Fsp3) is 0.444. The molecule has 3 rings (SSSR count). The van der Waals surface area contributed by atoms with Gasteiger partial charge in [0.05, 0.1) is 0 Å². The smallest absolute Gasteiger partial charge is 0.326 e. The molecule has 8 nitrogen and oxygen atoms in total. The SMILES string of the molecule is O=C(COC(=O)CN1C(=O)NC2(CCCC2)C1=O)NCc1cccc(Cl)c1. The van der Waals surface area contributed by atoms with Gasteiger partial charge in [-0.3, -0.25) is 19.3 Å². The van der Waals surface area contributed by atoms with Crippen LogP contribution in [0, 0.1) is 0 Å². The fourth-order valence-corrected chi connectivity index (χ4v) is 3.57. The number of urea groups is 1. The molecule has 4 amide bonds. The van der Waals surface area contributed by atoms with Gasteiger partial charge in [0.1, 0.15) is 12.1 Å². The molecule has 2 fully saturated rings. The molecule has 1 heterocycles. The number of ether oxygens (including phenoxy) is 1. The summed E-state index contributed by atoms with van der Waals surface area (Å²) in [6, 6.07) is 6.40. The highest BCUT2D eigenvalue weighted by Crippen LogP contribution is 2.34. The van der Waals surface area contributed by atoms with Crippen molar-refractivity contribution in [1.82, 2.24) is 15.5 Å². The molecule has 1 spiro atoms. The van der Waals surface area contributed by atoms with Gasteiger partial charge in [-0.15, -0.1) is 0 Å². The van der Waals surface area contributed by atoms with Crippen LogP contribution in [-0.2, 0) is 25.7 Å². The average molecular weight is 394 g/mol. The average Bonchev–Trinajstić information content (AvgIpc) is 3.19. The summed E-state index contributed by atoms with van der Waals surface area (Å²) in [4.78, 5) is 49.0. The van der Waals surface area contributed by atoms with Crippen LogP contribution in [0.4, 0.5) is 4.79 Å². The zero-order valence-corrected chi connectivity index (χ0v) is 15.4. The Kier molecular flexibility index (Phi) is 5.65. The van der Waals surface area contributed by atoms with Crippen LogP contribution in [-0.4, -0.2) is 47.4 Å². The number of hydrogen-bond acceptors (Lipinski definition) is 5. The minimum absolute atomic E-state index is 0.243. The number of nitrogens with one attached hydrogen (secondary N) is 2. The quantitative estimate of drug-likeness (QED) is 0.561. The molecule has 1 saturated heterocycles. The highest BCUT2D eigenvalue weighted by molar-refractivity contribution is 6.30. The van der Waals surface area contributed by atoms with E-state index < -0.39 is 42.5 Å². The Morgan fingerprint density at radius 1 is 1.26 bits per heavy atom. The number of carbonyl (C=O) groups excluding carboxylic acids is 4. The second-order valence-corrected chi connectivity index (χ2v) is 7.11. The number of imide groups is 1. The summed E-state index contributed by atoms with van der Waals surface area (Å²) in [6.07, 6.45) is 2.87. The van der Waals surface area contributed by atoms with Gasteiger partial charge in [0, 0.05) is 11.6 Å². The molecule has 0 bridgehead atoms. The lowest BCUT2D eigenvalue weighted by molar-refractivity contribution is -0.151. The van der Waals surface area contributed by atoms with Gasteiger partial charge in [-0.05, 0) is 30.5 Å². The maximum atomic E-state index is 12.4. The normalized spacial score (nSPS) is 17.9. The van der Waals surface area contributed by atoms with E-state index in [1.165, 1.54) is 0 Å². The van der Waals surface area contributed by atoms with Gasteiger partial charge in [0.25, 0.3) is 11.8 Å². The van der Waals surface area contributed by atoms with E-state index in [0.717, 1.165) is 23.3 Å². The Labute approximate surface area is 161 Å². The molecule has 1 aromatic carbocycles. The van der Waals surface area contributed by atoms with Crippen LogP contribution >= 0.6 is 11.6 Å². The molecule has 1 aromatic rings. The van der Waals surface area contributed by atoms with E-state index in [2.05, 4.69) is 10.6 Å². The number of hydrogen-bond donors (Lipinski definition) is 2. The van der Waals surface area contributed by atoms with Crippen LogP contribution in [0.5, 0.6) is 0 Å². The molecule has 0 unspecified atom stereocenters. The lowest BCUT2D eigenvalue weighted by Gasteiger charge is -2.19. The third kappa shape index (κ3) is 4.39. The largest absolute Gasteiger partial charge is 0.454 e. The third-order valence-corrected chi connectivity index (χ3v) is 4.97. The summed E-state index contributed by atoms with van der Waals surface area (Å²) in [6.45, 7) is -0.755. The van der Waals surface area contributed by atoms with Crippen LogP contribution in [0.25, 0.3) is 0 Å². The molecule has 0 aromatic heterocycles. The highest BCUT2D eigenvalue weighted by Gasteiger charge is 2.52. The molecule has 1 aliphatic carbocycles. The van der Waals surface area contributed by atoms with E-state index >= 15 is 0 Å². The van der Waals surface area contributed by atoms with E-state index in [9.17, 15) is 19.2 Å². The molecule has 144 valence electrons. The monoisotopic (exact) mass is 393 g/mol. The number of rotatable bonds is 6. The van der Waals surface area contributed by atoms with Crippen molar-refractivity contribution < 1.29 is 23.9 Å². The van der Waals surface area contributed by atoms with Crippen molar-refractivity contribution in [3.8, 4) is 0 Å². The number of nitrogens with zero attached hydrogens (tertiary/aromatic N) is 1. The van der Waals surface area contributed by atoms with E-state index in [4.69, 9.17) is 16.3 Å². The molecule has 1 saturated carbocycles. The second kappa shape index (κ2) is 7.96. The minimum atomic E-state index is -0.869. The fourth-order valence-electron chi connectivity index (χ4n) is 3.36. The van der Waals surface area contributed by atoms with Crippen molar-refractivity contribution in [3.05, 3.63) is 34.9 Å². The molecule has 9 heteroatoms. The van der Waals surface area contributed by atoms with E-state index in [-0.39, 0.29) is 6.54 Å². The standard InChI is InChI=1S/C18H20ClN3O5/c19-13-5-3-4-12(8-13)9-20-14(23)11-27-15(24)10-22-16(25)18(21-17(22)26)6-1-2-7-18/h3-5,8H,1-2,6-7,9-11H2,(H,20,23)(H,21,26). The minimum Gasteiger partial charge on any atom is -0.454 e. The Balaban J connectivity index is 1.43. The van der Waals surface area contributed by atoms with E-state index in [0.29, 0.717) is 17.9 Å². The molecule has 0 atom stereocenters. The molecular weight excluding hydrogens is 374 g/mol. The van der Waals surface area contributed by atoms with E-state index in [1.807, 2.05) is 0 Å². The van der Waals surface area contributed by atoms with Crippen molar-refractivity contribution in [3.63, 3.8) is 0 Å². The summed E-state index contributed by atoms with van der Waals surface area (Å²) in [7, 11) is 0. The third-order valence-electron chi connectivity index (χ3n) is 4.73. The van der Waals surface area contributed by atoms with Gasteiger partial charge in [-0.1, -0.05) is 36.6 Å². The number of halogens is 1. The van der Waals surface area contributed by atoms with Crippen LogP contribution < -0.4 is 10.6 Å². The maximum absolute atomic E-state index is 12.4. The van der Waals surface area contributed by atoms with Crippen molar-refractivity contribution in [2.24, 2.45) is 0 Å². The Morgan fingerprint density at radius 3 is 2.70 bits per heavy atom. The first-order chi connectivity index (χ1) is 12.9. The molecule has 2 N–H and O–H groups in total. The lowest BCUT2D eigenvalue weighted by atomic mass is 9.98. The predicted octanol–water partition coefficient (Wildman–Crippen LogP) is 1.36. The maximum Gasteiger partial charge on any atom is 0.326 e. The van der Waals surface area contributed by atoms with Gasteiger partial charge in [-0.25, -0.2) is 4.79 Å². The summed E-state index contributed by atoms with van der Waals surface area (Å²) in [5, 5.41) is 5.84. The molecule has 0 radical (unpaired) electrons. The second-order valence-electron chi connectivity index (χ2n) is 6.68. The Morgan fingerprint density at radius 2 is 2.00 bits per heavy atom. The first-order valence-corrected chi connectivity index (χ1v) is 9.08. The zero-order chi connectivity index (χ0) is 19.4. The van der Waals surface area contributed by atoms with Gasteiger partial charge in [0.2, 0.25) is 0 Å². The molecule has 1 aliphatic heterocycles. The van der Waals surface area contributed by atoms with Crippen LogP contribution in [0.1, 0.15) is 31.2 Å². The van der Waals surface area contributed by atoms with Crippen LogP contribution in [0.2, 0.25) is 5.02 Å². The van der Waals surface area contributed by atoms with E-state index in [1.54, 1.807) is 24.3 Å². The Hall–Kier alpha value is -2.61. The molecule has 27 heavy (non-hydrogen) atoms. The molecule has 2 aliphatic rings. The highest BCUT2D eigenvalue weighted by atomic mass is 35.5. The summed E-state index contributed by atoms with van der Waals surface area (Å²) in [5.41, 5.74) is -0.0607. The van der Waals surface area contributed by atoms with Crippen molar-refractivity contribution in [1.29, 1.82) is 0 Å². The van der Waals surface area contributed by atoms with Crippen molar-refractivity contribution in [2.75, 3.05) is 13.2 Å². The van der Waals surface area contributed by atoms with Crippen molar-refractivity contribution in [2.45, 2.75) is 37.8 Å². The van der Waals surface area contributed by atoms with Gasteiger partial charge in [0.15, 0.2) is 6.61 Å². The topological polar surface area (TPSA) is 105 Å². The number of carbonyl (C=O) groups is 4. The summed E-state index contributed by atoms with van der Waals surface area (Å²) >= 11 is 5.87. The number of amides is 4. The predicted molar refractivity (Wildman–Crippen MR) is 95.7 cm³/mol. The lowest BCUT2D eigenvalue weighted by Crippen LogP contribution is -2.44. The zero-order valence-electron chi connectivity index (χ0n) is 14.6. The number of esters is 1.